The van der Waals surface area contributed by atoms with E-state index in [0.29, 0.717) is 56.7 Å². The number of methoxy groups -OCH3 is 4. The Balaban J connectivity index is 1.74. The van der Waals surface area contributed by atoms with Crippen LogP contribution in [-0.2, 0) is 4.79 Å². The molecule has 3 aromatic carbocycles. The summed E-state index contributed by atoms with van der Waals surface area (Å²) in [4.78, 5) is 17.9. The van der Waals surface area contributed by atoms with Gasteiger partial charge in [-0.2, -0.15) is 0 Å². The van der Waals surface area contributed by atoms with E-state index in [0.717, 1.165) is 11.1 Å². The molecule has 0 saturated heterocycles. The van der Waals surface area contributed by atoms with E-state index < -0.39 is 5.25 Å². The van der Waals surface area contributed by atoms with E-state index in [4.69, 9.17) is 35.5 Å². The lowest BCUT2D eigenvalue weighted by Gasteiger charge is -2.16. The van der Waals surface area contributed by atoms with Crippen molar-refractivity contribution >= 4 is 35.0 Å². The lowest BCUT2D eigenvalue weighted by molar-refractivity contribution is -0.115. The molecule has 1 atom stereocenters. The zero-order valence-corrected chi connectivity index (χ0v) is 24.3. The third-order valence-corrected chi connectivity index (χ3v) is 7.44. The van der Waals surface area contributed by atoms with E-state index >= 15 is 0 Å². The fraction of sp³-hybridized carbons (Fsp3) is 0.241. The third kappa shape index (κ3) is 6.57. The van der Waals surface area contributed by atoms with Crippen LogP contribution in [0.3, 0.4) is 0 Å². The molecule has 0 radical (unpaired) electrons. The standard InChI is InChI=1S/C29H29ClN4O5S/c1-6-25(28(35)31-20-9-7-8-19(30)16-20)40-29-32-26(17-10-12-21(36-2)23(14-17)38-4)27(33-34-29)18-11-13-22(37-3)24(15-18)39-5/h7-16,25H,6H2,1-5H3,(H,31,35)/t25-/m0/s1. The Morgan fingerprint density at radius 2 is 1.43 bits per heavy atom. The van der Waals surface area contributed by atoms with Crippen LogP contribution in [0.2, 0.25) is 5.02 Å². The first-order valence-corrected chi connectivity index (χ1v) is 13.6. The van der Waals surface area contributed by atoms with E-state index in [2.05, 4.69) is 15.5 Å². The number of carbonyl (C=O) groups excluding carboxylic acids is 1. The number of ether oxygens (including phenoxy) is 4. The van der Waals surface area contributed by atoms with Crippen molar-refractivity contribution in [3.8, 4) is 45.5 Å². The number of rotatable bonds is 11. The topological polar surface area (TPSA) is 105 Å². The minimum atomic E-state index is -0.467. The second kappa shape index (κ2) is 13.4. The summed E-state index contributed by atoms with van der Waals surface area (Å²) in [6, 6.07) is 18.0. The molecule has 0 bridgehead atoms. The smallest absolute Gasteiger partial charge is 0.237 e. The molecule has 9 nitrogen and oxygen atoms in total. The van der Waals surface area contributed by atoms with Crippen LogP contribution in [0.25, 0.3) is 22.5 Å². The van der Waals surface area contributed by atoms with Crippen LogP contribution in [0.4, 0.5) is 5.69 Å². The molecular formula is C29H29ClN4O5S. The molecule has 0 spiro atoms. The summed E-state index contributed by atoms with van der Waals surface area (Å²) in [5.41, 5.74) is 3.15. The third-order valence-electron chi connectivity index (χ3n) is 5.98. The van der Waals surface area contributed by atoms with Crippen LogP contribution in [0.1, 0.15) is 13.3 Å². The number of amides is 1. The predicted molar refractivity (Wildman–Crippen MR) is 157 cm³/mol. The molecule has 1 amide bonds. The van der Waals surface area contributed by atoms with E-state index in [1.165, 1.54) is 11.8 Å². The Hall–Kier alpha value is -4.02. The van der Waals surface area contributed by atoms with Crippen molar-refractivity contribution in [1.82, 2.24) is 15.2 Å². The van der Waals surface area contributed by atoms with Crippen molar-refractivity contribution in [2.75, 3.05) is 33.8 Å². The monoisotopic (exact) mass is 580 g/mol. The molecule has 208 valence electrons. The van der Waals surface area contributed by atoms with Gasteiger partial charge in [0.05, 0.1) is 33.7 Å². The SMILES string of the molecule is CC[C@H](Sc1nnc(-c2ccc(OC)c(OC)c2)c(-c2ccc(OC)c(OC)c2)n1)C(=O)Nc1cccc(Cl)c1. The second-order valence-electron chi connectivity index (χ2n) is 8.45. The van der Waals surface area contributed by atoms with Crippen LogP contribution < -0.4 is 24.3 Å². The molecule has 0 aliphatic heterocycles. The number of thioether (sulfide) groups is 1. The molecule has 4 rings (SSSR count). The fourth-order valence-corrected chi connectivity index (χ4v) is 4.97. The average Bonchev–Trinajstić information content (AvgIpc) is 2.98. The van der Waals surface area contributed by atoms with Crippen LogP contribution >= 0.6 is 23.4 Å². The zero-order valence-electron chi connectivity index (χ0n) is 22.7. The van der Waals surface area contributed by atoms with Gasteiger partial charge in [0.1, 0.15) is 11.4 Å². The van der Waals surface area contributed by atoms with E-state index in [1.54, 1.807) is 64.8 Å². The largest absolute Gasteiger partial charge is 0.493 e. The lowest BCUT2D eigenvalue weighted by atomic mass is 10.0. The van der Waals surface area contributed by atoms with E-state index in [1.807, 2.05) is 31.2 Å². The van der Waals surface area contributed by atoms with E-state index in [-0.39, 0.29) is 5.91 Å². The van der Waals surface area contributed by atoms with Gasteiger partial charge in [0.25, 0.3) is 0 Å². The van der Waals surface area contributed by atoms with Crippen molar-refractivity contribution in [3.63, 3.8) is 0 Å². The van der Waals surface area contributed by atoms with Crippen LogP contribution in [0.5, 0.6) is 23.0 Å². The van der Waals surface area contributed by atoms with Gasteiger partial charge in [-0.1, -0.05) is 36.4 Å². The maximum absolute atomic E-state index is 13.1. The number of anilines is 1. The van der Waals surface area contributed by atoms with Crippen LogP contribution in [-0.4, -0.2) is 54.8 Å². The highest BCUT2D eigenvalue weighted by molar-refractivity contribution is 8.00. The summed E-state index contributed by atoms with van der Waals surface area (Å²) in [6.07, 6.45) is 0.545. The summed E-state index contributed by atoms with van der Waals surface area (Å²) in [5.74, 6) is 2.07. The number of aromatic nitrogens is 3. The Morgan fingerprint density at radius 3 is 1.98 bits per heavy atom. The first kappa shape index (κ1) is 29.0. The van der Waals surface area contributed by atoms with Crippen LogP contribution in [0, 0.1) is 0 Å². The average molecular weight is 581 g/mol. The molecule has 0 aliphatic rings. The maximum atomic E-state index is 13.1. The fourth-order valence-electron chi connectivity index (χ4n) is 3.96. The number of hydrogen-bond donors (Lipinski definition) is 1. The van der Waals surface area contributed by atoms with Gasteiger partial charge in [0.2, 0.25) is 11.1 Å². The van der Waals surface area contributed by atoms with Gasteiger partial charge < -0.3 is 24.3 Å². The van der Waals surface area contributed by atoms with Gasteiger partial charge in [0.15, 0.2) is 23.0 Å². The van der Waals surface area contributed by atoms with Gasteiger partial charge in [-0.05, 0) is 61.0 Å². The summed E-state index contributed by atoms with van der Waals surface area (Å²) in [5, 5.41) is 12.3. The van der Waals surface area contributed by atoms with Gasteiger partial charge in [-0.25, -0.2) is 4.98 Å². The molecule has 40 heavy (non-hydrogen) atoms. The number of benzene rings is 3. The first-order chi connectivity index (χ1) is 19.4. The lowest BCUT2D eigenvalue weighted by Crippen LogP contribution is -2.25. The molecule has 0 saturated carbocycles. The first-order valence-electron chi connectivity index (χ1n) is 12.3. The summed E-state index contributed by atoms with van der Waals surface area (Å²) in [7, 11) is 6.29. The zero-order chi connectivity index (χ0) is 28.6. The van der Waals surface area contributed by atoms with Gasteiger partial charge >= 0.3 is 0 Å². The minimum Gasteiger partial charge on any atom is -0.493 e. The molecule has 0 fully saturated rings. The number of nitrogens with zero attached hydrogens (tertiary/aromatic N) is 3. The quantitative estimate of drug-likeness (QED) is 0.202. The molecular weight excluding hydrogens is 552 g/mol. The number of halogens is 1. The number of nitrogens with one attached hydrogen (secondary N) is 1. The maximum Gasteiger partial charge on any atom is 0.237 e. The van der Waals surface area contributed by atoms with Gasteiger partial charge in [-0.3, -0.25) is 4.79 Å². The highest BCUT2D eigenvalue weighted by Crippen LogP contribution is 2.38. The summed E-state index contributed by atoms with van der Waals surface area (Å²) in [6.45, 7) is 1.93. The molecule has 11 heteroatoms. The molecule has 0 unspecified atom stereocenters. The van der Waals surface area contributed by atoms with Crippen molar-refractivity contribution in [1.29, 1.82) is 0 Å². The number of hydrogen-bond acceptors (Lipinski definition) is 9. The second-order valence-corrected chi connectivity index (χ2v) is 10.1. The van der Waals surface area contributed by atoms with Crippen molar-refractivity contribution in [3.05, 3.63) is 65.7 Å². The Kier molecular flexibility index (Phi) is 9.68. The predicted octanol–water partition coefficient (Wildman–Crippen LogP) is 6.40. The molecule has 4 aromatic rings. The summed E-state index contributed by atoms with van der Waals surface area (Å²) >= 11 is 7.31. The van der Waals surface area contributed by atoms with Crippen molar-refractivity contribution in [2.24, 2.45) is 0 Å². The Bertz CT molecular complexity index is 1500. The molecule has 1 aromatic heterocycles. The molecule has 0 aliphatic carbocycles. The number of carbonyl (C=O) groups is 1. The highest BCUT2D eigenvalue weighted by atomic mass is 35.5. The molecule has 1 heterocycles. The highest BCUT2D eigenvalue weighted by Gasteiger charge is 2.23. The van der Waals surface area contributed by atoms with Gasteiger partial charge in [-0.15, -0.1) is 10.2 Å². The van der Waals surface area contributed by atoms with E-state index in [9.17, 15) is 4.79 Å². The minimum absolute atomic E-state index is 0.185. The normalized spacial score (nSPS) is 11.4. The van der Waals surface area contributed by atoms with Crippen LogP contribution in [0.15, 0.2) is 65.8 Å². The van der Waals surface area contributed by atoms with Gasteiger partial charge in [0, 0.05) is 21.8 Å². The Morgan fingerprint density at radius 1 is 0.825 bits per heavy atom. The Labute approximate surface area is 242 Å². The van der Waals surface area contributed by atoms with Crippen molar-refractivity contribution in [2.45, 2.75) is 23.8 Å². The molecule has 1 N–H and O–H groups in total. The van der Waals surface area contributed by atoms with Crippen molar-refractivity contribution < 1.29 is 23.7 Å². The summed E-state index contributed by atoms with van der Waals surface area (Å²) < 4.78 is 21.8.